The van der Waals surface area contributed by atoms with Crippen molar-refractivity contribution in [2.24, 2.45) is 0 Å². The van der Waals surface area contributed by atoms with Crippen LogP contribution < -0.4 is 5.32 Å². The van der Waals surface area contributed by atoms with E-state index in [0.717, 1.165) is 31.0 Å². The molecule has 4 rings (SSSR count). The number of benzene rings is 1. The minimum atomic E-state index is -0.121. The molecule has 1 aliphatic heterocycles. The molecule has 1 aliphatic rings. The lowest BCUT2D eigenvalue weighted by Gasteiger charge is -2.26. The van der Waals surface area contributed by atoms with Crippen LogP contribution >= 0.6 is 11.8 Å². The fourth-order valence-electron chi connectivity index (χ4n) is 3.40. The third kappa shape index (κ3) is 4.96. The smallest absolute Gasteiger partial charge is 0.251 e. The maximum Gasteiger partial charge on any atom is 0.251 e. The summed E-state index contributed by atoms with van der Waals surface area (Å²) in [4.78, 5) is 26.5. The van der Waals surface area contributed by atoms with E-state index in [9.17, 15) is 9.59 Å². The summed E-state index contributed by atoms with van der Waals surface area (Å²) in [6, 6.07) is 12.8. The lowest BCUT2D eigenvalue weighted by molar-refractivity contribution is -0.129. The van der Waals surface area contributed by atoms with Gasteiger partial charge in [0.25, 0.3) is 5.91 Å². The van der Waals surface area contributed by atoms with Gasteiger partial charge in [-0.2, -0.15) is 9.61 Å². The number of nitrogens with zero attached hydrogens (tertiary/aromatic N) is 5. The van der Waals surface area contributed by atoms with Gasteiger partial charge in [0.1, 0.15) is 5.03 Å². The van der Waals surface area contributed by atoms with Crippen molar-refractivity contribution < 1.29 is 9.59 Å². The molecule has 2 amide bonds. The predicted octanol–water partition coefficient (Wildman–Crippen LogP) is 2.20. The molecule has 0 bridgehead atoms. The summed E-state index contributed by atoms with van der Waals surface area (Å²) in [5, 5.41) is 16.5. The zero-order chi connectivity index (χ0) is 20.8. The number of nitrogens with one attached hydrogen (secondary N) is 1. The standard InChI is InChI=1S/C21H24N6O2S/c28-20(26-13-5-2-6-14-26)15-30-19-10-9-17-23-24-18(27(17)25-19)11-12-22-21(29)16-7-3-1-4-8-16/h1,3-4,7-10H,2,5-6,11-15H2,(H,22,29). The molecule has 2 aromatic heterocycles. The molecular formula is C21H24N6O2S. The van der Waals surface area contributed by atoms with E-state index in [1.54, 1.807) is 16.6 Å². The number of carbonyl (C=O) groups is 2. The number of carbonyl (C=O) groups excluding carboxylic acids is 2. The summed E-state index contributed by atoms with van der Waals surface area (Å²) in [6.45, 7) is 2.15. The van der Waals surface area contributed by atoms with Gasteiger partial charge in [0, 0.05) is 31.6 Å². The van der Waals surface area contributed by atoms with E-state index in [1.165, 1.54) is 18.2 Å². The Labute approximate surface area is 179 Å². The Hall–Kier alpha value is -2.94. The summed E-state index contributed by atoms with van der Waals surface area (Å²) in [5.41, 5.74) is 1.27. The molecule has 3 aromatic rings. The number of hydrogen-bond acceptors (Lipinski definition) is 6. The van der Waals surface area contributed by atoms with E-state index in [0.29, 0.717) is 35.8 Å². The second-order valence-electron chi connectivity index (χ2n) is 7.16. The van der Waals surface area contributed by atoms with E-state index in [4.69, 9.17) is 0 Å². The Morgan fingerprint density at radius 1 is 1.00 bits per heavy atom. The number of aromatic nitrogens is 4. The van der Waals surface area contributed by atoms with Crippen molar-refractivity contribution in [3.05, 3.63) is 53.9 Å². The number of piperidine rings is 1. The van der Waals surface area contributed by atoms with E-state index in [2.05, 4.69) is 20.6 Å². The van der Waals surface area contributed by atoms with Crippen molar-refractivity contribution >= 4 is 29.2 Å². The van der Waals surface area contributed by atoms with Crippen molar-refractivity contribution in [3.8, 4) is 0 Å². The number of likely N-dealkylation sites (tertiary alicyclic amines) is 1. The lowest BCUT2D eigenvalue weighted by atomic mass is 10.1. The first-order valence-electron chi connectivity index (χ1n) is 10.2. The second-order valence-corrected chi connectivity index (χ2v) is 8.16. The molecule has 1 fully saturated rings. The first-order valence-corrected chi connectivity index (χ1v) is 11.1. The molecule has 1 N–H and O–H groups in total. The zero-order valence-electron chi connectivity index (χ0n) is 16.7. The summed E-state index contributed by atoms with van der Waals surface area (Å²) in [7, 11) is 0. The molecule has 9 heteroatoms. The third-order valence-electron chi connectivity index (χ3n) is 5.03. The maximum atomic E-state index is 12.4. The minimum absolute atomic E-state index is 0.121. The number of fused-ring (bicyclic) bond motifs is 1. The van der Waals surface area contributed by atoms with Crippen molar-refractivity contribution in [1.82, 2.24) is 30.0 Å². The highest BCUT2D eigenvalue weighted by Gasteiger charge is 2.17. The molecule has 0 saturated carbocycles. The molecule has 0 atom stereocenters. The summed E-state index contributed by atoms with van der Waals surface area (Å²) < 4.78 is 1.68. The van der Waals surface area contributed by atoms with Crippen LogP contribution in [0.2, 0.25) is 0 Å². The van der Waals surface area contributed by atoms with E-state index < -0.39 is 0 Å². The van der Waals surface area contributed by atoms with Crippen LogP contribution in [0, 0.1) is 0 Å². The molecule has 0 aliphatic carbocycles. The monoisotopic (exact) mass is 424 g/mol. The maximum absolute atomic E-state index is 12.4. The average molecular weight is 425 g/mol. The molecule has 1 saturated heterocycles. The predicted molar refractivity (Wildman–Crippen MR) is 114 cm³/mol. The van der Waals surface area contributed by atoms with Gasteiger partial charge in [-0.25, -0.2) is 0 Å². The quantitative estimate of drug-likeness (QED) is 0.585. The Morgan fingerprint density at radius 2 is 1.80 bits per heavy atom. The molecule has 0 spiro atoms. The van der Waals surface area contributed by atoms with Gasteiger partial charge in [-0.3, -0.25) is 9.59 Å². The fraction of sp³-hybridized carbons (Fsp3) is 0.381. The Bertz CT molecular complexity index is 1020. The van der Waals surface area contributed by atoms with Crippen molar-refractivity contribution in [2.75, 3.05) is 25.4 Å². The fourth-order valence-corrected chi connectivity index (χ4v) is 4.16. The van der Waals surface area contributed by atoms with Crippen LogP contribution in [-0.4, -0.2) is 61.9 Å². The van der Waals surface area contributed by atoms with Crippen LogP contribution in [0.25, 0.3) is 5.65 Å². The molecule has 8 nitrogen and oxygen atoms in total. The average Bonchev–Trinajstić information content (AvgIpc) is 3.21. The summed E-state index contributed by atoms with van der Waals surface area (Å²) in [6.07, 6.45) is 3.89. The first kappa shape index (κ1) is 20.3. The molecule has 0 unspecified atom stereocenters. The van der Waals surface area contributed by atoms with Gasteiger partial charge in [0.2, 0.25) is 5.91 Å². The minimum Gasteiger partial charge on any atom is -0.352 e. The first-order chi connectivity index (χ1) is 14.7. The van der Waals surface area contributed by atoms with Gasteiger partial charge in [-0.1, -0.05) is 30.0 Å². The zero-order valence-corrected chi connectivity index (χ0v) is 17.5. The highest BCUT2D eigenvalue weighted by Crippen LogP contribution is 2.18. The van der Waals surface area contributed by atoms with Crippen LogP contribution in [0.15, 0.2) is 47.5 Å². The Kier molecular flexibility index (Phi) is 6.58. The molecular weight excluding hydrogens is 400 g/mol. The number of amides is 2. The molecule has 3 heterocycles. The highest BCUT2D eigenvalue weighted by molar-refractivity contribution is 7.99. The SMILES string of the molecule is O=C(NCCc1nnc2ccc(SCC(=O)N3CCCCC3)nn12)c1ccccc1. The third-order valence-corrected chi connectivity index (χ3v) is 5.93. The van der Waals surface area contributed by atoms with Gasteiger partial charge in [-0.15, -0.1) is 10.2 Å². The summed E-state index contributed by atoms with van der Waals surface area (Å²) in [5.74, 6) is 1.09. The number of thioether (sulfide) groups is 1. The largest absolute Gasteiger partial charge is 0.352 e. The van der Waals surface area contributed by atoms with E-state index in [-0.39, 0.29) is 11.8 Å². The molecule has 30 heavy (non-hydrogen) atoms. The van der Waals surface area contributed by atoms with Gasteiger partial charge < -0.3 is 10.2 Å². The van der Waals surface area contributed by atoms with E-state index in [1.807, 2.05) is 35.2 Å². The van der Waals surface area contributed by atoms with Gasteiger partial charge in [0.15, 0.2) is 11.5 Å². The molecule has 156 valence electrons. The van der Waals surface area contributed by atoms with Crippen LogP contribution in [0.3, 0.4) is 0 Å². The van der Waals surface area contributed by atoms with Crippen LogP contribution in [0.4, 0.5) is 0 Å². The van der Waals surface area contributed by atoms with Crippen LogP contribution in [-0.2, 0) is 11.2 Å². The van der Waals surface area contributed by atoms with E-state index >= 15 is 0 Å². The lowest BCUT2D eigenvalue weighted by Crippen LogP contribution is -2.36. The number of hydrogen-bond donors (Lipinski definition) is 1. The molecule has 1 aromatic carbocycles. The Balaban J connectivity index is 1.34. The van der Waals surface area contributed by atoms with Crippen LogP contribution in [0.1, 0.15) is 35.4 Å². The topological polar surface area (TPSA) is 92.5 Å². The molecule has 0 radical (unpaired) electrons. The number of rotatable bonds is 7. The van der Waals surface area contributed by atoms with Crippen molar-refractivity contribution in [2.45, 2.75) is 30.7 Å². The van der Waals surface area contributed by atoms with Gasteiger partial charge in [0.05, 0.1) is 5.75 Å². The summed E-state index contributed by atoms with van der Waals surface area (Å²) >= 11 is 1.43. The van der Waals surface area contributed by atoms with Crippen molar-refractivity contribution in [3.63, 3.8) is 0 Å². The highest BCUT2D eigenvalue weighted by atomic mass is 32.2. The Morgan fingerprint density at radius 3 is 2.60 bits per heavy atom. The van der Waals surface area contributed by atoms with Gasteiger partial charge >= 0.3 is 0 Å². The second kappa shape index (κ2) is 9.71. The van der Waals surface area contributed by atoms with Crippen molar-refractivity contribution in [1.29, 1.82) is 0 Å². The van der Waals surface area contributed by atoms with Gasteiger partial charge in [-0.05, 0) is 43.5 Å². The van der Waals surface area contributed by atoms with Crippen LogP contribution in [0.5, 0.6) is 0 Å². The normalized spacial score (nSPS) is 14.1.